The molecule has 0 amide bonds. The highest BCUT2D eigenvalue weighted by Crippen LogP contribution is 2.62. The van der Waals surface area contributed by atoms with Crippen molar-refractivity contribution in [3.05, 3.63) is 253 Å². The topological polar surface area (TPSA) is 19.1 Å². The van der Waals surface area contributed by atoms with Gasteiger partial charge in [0.15, 0.2) is 0 Å². The predicted molar refractivity (Wildman–Crippen MR) is 263 cm³/mol. The summed E-state index contributed by atoms with van der Waals surface area (Å²) in [5.74, 6) is 1.82. The fourth-order valence-electron chi connectivity index (χ4n) is 11.3. The van der Waals surface area contributed by atoms with Gasteiger partial charge >= 0.3 is 0 Å². The normalized spacial score (nSPS) is 13.2. The van der Waals surface area contributed by atoms with Gasteiger partial charge in [0, 0.05) is 44.0 Å². The summed E-state index contributed by atoms with van der Waals surface area (Å²) < 4.78 is 11.4. The first-order chi connectivity index (χ1) is 31.7. The second-order valence-corrected chi connectivity index (χ2v) is 17.2. The molecular weight excluding hydrogens is 777 g/mol. The van der Waals surface area contributed by atoms with Crippen molar-refractivity contribution < 1.29 is 4.74 Å². The summed E-state index contributed by atoms with van der Waals surface area (Å²) in [6, 6.07) is 84.3. The smallest absolute Gasteiger partial charge is 0.132 e. The minimum atomic E-state index is -0.498. The van der Waals surface area contributed by atoms with Crippen LogP contribution in [0.1, 0.15) is 22.3 Å². The van der Waals surface area contributed by atoms with E-state index >= 15 is 0 Å². The molecule has 0 atom stereocenters. The Morgan fingerprint density at radius 1 is 0.281 bits per heavy atom. The van der Waals surface area contributed by atoms with Crippen molar-refractivity contribution in [3.63, 3.8) is 0 Å². The van der Waals surface area contributed by atoms with Gasteiger partial charge in [0.25, 0.3) is 0 Å². The molecule has 3 heteroatoms. The van der Waals surface area contributed by atoms with Crippen LogP contribution in [-0.2, 0) is 5.41 Å². The summed E-state index contributed by atoms with van der Waals surface area (Å²) >= 11 is 0. The van der Waals surface area contributed by atoms with E-state index in [0.717, 1.165) is 17.2 Å². The number of aromatic nitrogens is 2. The van der Waals surface area contributed by atoms with Crippen molar-refractivity contribution >= 4 is 43.6 Å². The second kappa shape index (κ2) is 13.3. The molecule has 0 N–H and O–H groups in total. The fraction of sp³-hybridized carbons (Fsp3) is 0.0164. The third-order valence-electron chi connectivity index (χ3n) is 14.0. The Kier molecular flexibility index (Phi) is 7.32. The molecule has 64 heavy (non-hydrogen) atoms. The molecule has 1 aliphatic heterocycles. The van der Waals surface area contributed by atoms with Gasteiger partial charge in [-0.2, -0.15) is 0 Å². The minimum Gasteiger partial charge on any atom is -0.457 e. The van der Waals surface area contributed by atoms with Crippen LogP contribution < -0.4 is 4.74 Å². The van der Waals surface area contributed by atoms with Crippen molar-refractivity contribution in [2.45, 2.75) is 5.41 Å². The molecule has 1 aliphatic carbocycles. The maximum atomic E-state index is 6.59. The van der Waals surface area contributed by atoms with Gasteiger partial charge in [0.1, 0.15) is 11.5 Å². The van der Waals surface area contributed by atoms with Crippen LogP contribution in [0.4, 0.5) is 0 Å². The Morgan fingerprint density at radius 2 is 0.719 bits per heavy atom. The van der Waals surface area contributed by atoms with Crippen molar-refractivity contribution in [2.24, 2.45) is 0 Å². The fourth-order valence-corrected chi connectivity index (χ4v) is 11.3. The average molecular weight is 815 g/mol. The molecule has 0 saturated heterocycles. The van der Waals surface area contributed by atoms with Gasteiger partial charge in [-0.15, -0.1) is 0 Å². The van der Waals surface area contributed by atoms with E-state index in [4.69, 9.17) is 4.74 Å². The van der Waals surface area contributed by atoms with Crippen LogP contribution >= 0.6 is 0 Å². The van der Waals surface area contributed by atoms with Gasteiger partial charge in [0.2, 0.25) is 0 Å². The van der Waals surface area contributed by atoms with E-state index in [-0.39, 0.29) is 0 Å². The number of fused-ring (bicyclic) bond motifs is 15. The van der Waals surface area contributed by atoms with Gasteiger partial charge in [-0.25, -0.2) is 0 Å². The Balaban J connectivity index is 0.877. The number of hydrogen-bond donors (Lipinski definition) is 0. The Labute approximate surface area is 370 Å². The van der Waals surface area contributed by atoms with Crippen molar-refractivity contribution in [2.75, 3.05) is 0 Å². The quantitative estimate of drug-likeness (QED) is 0.173. The van der Waals surface area contributed by atoms with Crippen LogP contribution in [0.5, 0.6) is 11.5 Å². The molecule has 0 bridgehead atoms. The van der Waals surface area contributed by atoms with Crippen LogP contribution in [0, 0.1) is 0 Å². The van der Waals surface area contributed by atoms with Gasteiger partial charge in [0.05, 0.1) is 27.5 Å². The summed E-state index contributed by atoms with van der Waals surface area (Å²) in [7, 11) is 0. The number of benzene rings is 10. The monoisotopic (exact) mass is 814 g/mol. The van der Waals surface area contributed by atoms with Gasteiger partial charge in [-0.1, -0.05) is 152 Å². The lowest BCUT2D eigenvalue weighted by atomic mass is 9.66. The molecule has 0 saturated carbocycles. The highest BCUT2D eigenvalue weighted by atomic mass is 16.5. The first-order valence-electron chi connectivity index (χ1n) is 22.1. The summed E-state index contributed by atoms with van der Waals surface area (Å²) in [5, 5.41) is 4.99. The summed E-state index contributed by atoms with van der Waals surface area (Å²) in [6.45, 7) is 0. The van der Waals surface area contributed by atoms with E-state index < -0.39 is 5.41 Å². The molecule has 12 aromatic rings. The van der Waals surface area contributed by atoms with Crippen LogP contribution in [0.25, 0.3) is 88.4 Å². The number of rotatable bonds is 4. The molecule has 10 aromatic carbocycles. The Bertz CT molecular complexity index is 3820. The zero-order chi connectivity index (χ0) is 41.9. The molecule has 2 aliphatic rings. The van der Waals surface area contributed by atoms with Crippen LogP contribution in [0.2, 0.25) is 0 Å². The van der Waals surface area contributed by atoms with Crippen LogP contribution in [-0.4, -0.2) is 9.13 Å². The molecule has 1 spiro atoms. The van der Waals surface area contributed by atoms with Crippen molar-refractivity contribution in [1.82, 2.24) is 9.13 Å². The molecule has 298 valence electrons. The lowest BCUT2D eigenvalue weighted by Crippen LogP contribution is -2.32. The molecule has 3 nitrogen and oxygen atoms in total. The maximum absolute atomic E-state index is 6.59. The molecule has 3 heterocycles. The highest BCUT2D eigenvalue weighted by Gasteiger charge is 2.51. The summed E-state index contributed by atoms with van der Waals surface area (Å²) in [5.41, 5.74) is 18.9. The molecular formula is C61H38N2O. The highest BCUT2D eigenvalue weighted by molar-refractivity contribution is 6.12. The van der Waals surface area contributed by atoms with Crippen molar-refractivity contribution in [3.8, 4) is 56.3 Å². The van der Waals surface area contributed by atoms with Crippen molar-refractivity contribution in [1.29, 1.82) is 0 Å². The molecule has 14 rings (SSSR count). The molecule has 2 aromatic heterocycles. The summed E-state index contributed by atoms with van der Waals surface area (Å²) in [4.78, 5) is 0. The Morgan fingerprint density at radius 3 is 1.34 bits per heavy atom. The third kappa shape index (κ3) is 4.81. The zero-order valence-electron chi connectivity index (χ0n) is 34.7. The number of hydrogen-bond acceptors (Lipinski definition) is 1. The number of nitrogens with zero attached hydrogens (tertiary/aromatic N) is 2. The Hall–Kier alpha value is -8.40. The van der Waals surface area contributed by atoms with E-state index in [1.165, 1.54) is 105 Å². The average Bonchev–Trinajstić information content (AvgIpc) is 3.98. The van der Waals surface area contributed by atoms with E-state index in [2.05, 4.69) is 240 Å². The predicted octanol–water partition coefficient (Wildman–Crippen LogP) is 15.7. The SMILES string of the molecule is c1ccc(-n2c3ccccc3c3cc(-c4ccc5c(c4)c4ccccc4n5-c4ccc(-c5ccc6c(c5)C5(c7ccccc7Oc7ccccc75)c5ccccc5-6)cc4)ccc32)cc1. The van der Waals surface area contributed by atoms with E-state index in [1.807, 2.05) is 0 Å². The van der Waals surface area contributed by atoms with E-state index in [1.54, 1.807) is 0 Å². The van der Waals surface area contributed by atoms with Crippen LogP contribution in [0.3, 0.4) is 0 Å². The van der Waals surface area contributed by atoms with Gasteiger partial charge in [-0.05, 0) is 123 Å². The first kappa shape index (κ1) is 35.2. The van der Waals surface area contributed by atoms with E-state index in [9.17, 15) is 0 Å². The third-order valence-corrected chi connectivity index (χ3v) is 14.0. The second-order valence-electron chi connectivity index (χ2n) is 17.2. The standard InChI is InChI=1S/C61H38N2O/c1-2-14-43(15-3-1)62-55-22-10-5-17-47(55)49-36-40(29-34-57(49)62)41-30-35-58-50(37-41)48-18-6-11-23-56(48)63(58)44-31-26-39(27-32-44)42-28-33-46-45-16-4-7-19-51(45)61(54(46)38-42)52-20-8-12-24-59(52)64-60-25-13-9-21-53(60)61/h1-38H. The lowest BCUT2D eigenvalue weighted by molar-refractivity contribution is 0.436. The molecule has 0 unspecified atom stereocenters. The van der Waals surface area contributed by atoms with Gasteiger partial charge in [-0.3, -0.25) is 0 Å². The van der Waals surface area contributed by atoms with Gasteiger partial charge < -0.3 is 13.9 Å². The lowest BCUT2D eigenvalue weighted by Gasteiger charge is -2.39. The molecule has 0 fully saturated rings. The number of ether oxygens (including phenoxy) is 1. The summed E-state index contributed by atoms with van der Waals surface area (Å²) in [6.07, 6.45) is 0. The zero-order valence-corrected chi connectivity index (χ0v) is 34.7. The first-order valence-corrected chi connectivity index (χ1v) is 22.1. The van der Waals surface area contributed by atoms with E-state index in [0.29, 0.717) is 0 Å². The van der Waals surface area contributed by atoms with Crippen LogP contribution in [0.15, 0.2) is 231 Å². The largest absolute Gasteiger partial charge is 0.457 e. The number of para-hydroxylation sites is 5. The molecule has 0 radical (unpaired) electrons. The maximum Gasteiger partial charge on any atom is 0.132 e. The minimum absolute atomic E-state index is 0.498.